The highest BCUT2D eigenvalue weighted by Crippen LogP contribution is 2.16. The predicted molar refractivity (Wildman–Crippen MR) is 154 cm³/mol. The molecule has 33 heavy (non-hydrogen) atoms. The van der Waals surface area contributed by atoms with Gasteiger partial charge in [-0.1, -0.05) is 193 Å². The van der Waals surface area contributed by atoms with E-state index in [2.05, 4.69) is 26.0 Å². The highest BCUT2D eigenvalue weighted by Gasteiger charge is 1.96. The van der Waals surface area contributed by atoms with Gasteiger partial charge in [0.15, 0.2) is 0 Å². The van der Waals surface area contributed by atoms with Crippen LogP contribution >= 0.6 is 0 Å². The Bertz CT molecular complexity index is 342. The molecule has 0 rings (SSSR count). The lowest BCUT2D eigenvalue weighted by molar-refractivity contribution is 0.516. The first-order valence-electron chi connectivity index (χ1n) is 16.1. The molecule has 0 heteroatoms. The zero-order chi connectivity index (χ0) is 23.9. The third-order valence-electron chi connectivity index (χ3n) is 7.37. The van der Waals surface area contributed by atoms with Gasteiger partial charge >= 0.3 is 0 Å². The summed E-state index contributed by atoms with van der Waals surface area (Å²) in [5.41, 5.74) is 0. The molecule has 0 aromatic carbocycles. The summed E-state index contributed by atoms with van der Waals surface area (Å²) in [4.78, 5) is 0. The van der Waals surface area contributed by atoms with E-state index in [-0.39, 0.29) is 0 Å². The van der Waals surface area contributed by atoms with Crippen LogP contribution in [0.2, 0.25) is 0 Å². The summed E-state index contributed by atoms with van der Waals surface area (Å²) in [5.74, 6) is 0. The minimum atomic E-state index is 1.29. The molecule has 0 spiro atoms. The average Bonchev–Trinajstić information content (AvgIpc) is 2.83. The van der Waals surface area contributed by atoms with Crippen molar-refractivity contribution in [1.82, 2.24) is 0 Å². The van der Waals surface area contributed by atoms with Crippen molar-refractivity contribution in [1.29, 1.82) is 0 Å². The van der Waals surface area contributed by atoms with Gasteiger partial charge in [0.25, 0.3) is 0 Å². The van der Waals surface area contributed by atoms with Crippen LogP contribution in [0.4, 0.5) is 0 Å². The molecule has 0 unspecified atom stereocenters. The molecule has 0 aliphatic heterocycles. The molecule has 0 aliphatic carbocycles. The van der Waals surface area contributed by atoms with Crippen LogP contribution in [0.1, 0.15) is 200 Å². The summed E-state index contributed by atoms with van der Waals surface area (Å²) in [6.07, 6.45) is 46.9. The average molecular weight is 463 g/mol. The molecule has 0 nitrogen and oxygen atoms in total. The Hall–Kier alpha value is -0.260. The van der Waals surface area contributed by atoms with Crippen molar-refractivity contribution in [3.05, 3.63) is 12.2 Å². The van der Waals surface area contributed by atoms with Crippen molar-refractivity contribution < 1.29 is 0 Å². The van der Waals surface area contributed by atoms with Crippen LogP contribution in [0.5, 0.6) is 0 Å². The van der Waals surface area contributed by atoms with Crippen LogP contribution in [0, 0.1) is 0 Å². The number of rotatable bonds is 29. The van der Waals surface area contributed by atoms with Gasteiger partial charge in [-0.25, -0.2) is 0 Å². The Morgan fingerprint density at radius 3 is 0.727 bits per heavy atom. The standard InChI is InChI=1S/C33H66/c1-3-5-7-9-11-13-15-17-19-21-23-25-27-29-31-33-32-30-28-26-24-22-20-18-16-14-12-10-8-6-4-2/h9,11H,3-8,10,12-33H2,1-2H3/b11-9+. The van der Waals surface area contributed by atoms with Crippen LogP contribution in [0.25, 0.3) is 0 Å². The Labute approximate surface area is 212 Å². The van der Waals surface area contributed by atoms with Crippen LogP contribution in [-0.2, 0) is 0 Å². The van der Waals surface area contributed by atoms with E-state index >= 15 is 0 Å². The van der Waals surface area contributed by atoms with E-state index in [0.717, 1.165) is 0 Å². The first kappa shape index (κ1) is 32.7. The van der Waals surface area contributed by atoms with Crippen molar-refractivity contribution in [2.45, 2.75) is 200 Å². The zero-order valence-corrected chi connectivity index (χ0v) is 23.7. The van der Waals surface area contributed by atoms with Gasteiger partial charge in [0.2, 0.25) is 0 Å². The highest BCUT2D eigenvalue weighted by atomic mass is 14.0. The van der Waals surface area contributed by atoms with Gasteiger partial charge in [-0.15, -0.1) is 0 Å². The molecule has 0 amide bonds. The summed E-state index contributed by atoms with van der Waals surface area (Å²) >= 11 is 0. The maximum atomic E-state index is 2.41. The third kappa shape index (κ3) is 31.7. The SMILES string of the molecule is CCCC/C=C/CCCCCCCCCCCCCCCCCCCCCCCCCCC. The van der Waals surface area contributed by atoms with Gasteiger partial charge in [-0.3, -0.25) is 0 Å². The van der Waals surface area contributed by atoms with E-state index in [1.807, 2.05) is 0 Å². The first-order valence-corrected chi connectivity index (χ1v) is 16.1. The quantitative estimate of drug-likeness (QED) is 0.0765. The van der Waals surface area contributed by atoms with Gasteiger partial charge in [-0.05, 0) is 19.3 Å². The van der Waals surface area contributed by atoms with Gasteiger partial charge in [0.05, 0.1) is 0 Å². The van der Waals surface area contributed by atoms with Gasteiger partial charge < -0.3 is 0 Å². The topological polar surface area (TPSA) is 0 Å². The Balaban J connectivity index is 3.02. The molecule has 0 aliphatic rings. The number of hydrogen-bond acceptors (Lipinski definition) is 0. The van der Waals surface area contributed by atoms with Gasteiger partial charge in [0.1, 0.15) is 0 Å². The maximum Gasteiger partial charge on any atom is -0.0351 e. The fraction of sp³-hybridized carbons (Fsp3) is 0.939. The van der Waals surface area contributed by atoms with Crippen molar-refractivity contribution in [3.8, 4) is 0 Å². The normalized spacial score (nSPS) is 11.7. The maximum absolute atomic E-state index is 2.41. The molecule has 0 heterocycles. The molecule has 0 fully saturated rings. The van der Waals surface area contributed by atoms with E-state index in [4.69, 9.17) is 0 Å². The second-order valence-corrected chi connectivity index (χ2v) is 10.9. The zero-order valence-electron chi connectivity index (χ0n) is 23.7. The monoisotopic (exact) mass is 463 g/mol. The highest BCUT2D eigenvalue weighted by molar-refractivity contribution is 4.81. The minimum Gasteiger partial charge on any atom is -0.0885 e. The molecule has 0 atom stereocenters. The number of hydrogen-bond donors (Lipinski definition) is 0. The third-order valence-corrected chi connectivity index (χ3v) is 7.37. The van der Waals surface area contributed by atoms with Crippen molar-refractivity contribution in [2.75, 3.05) is 0 Å². The Kier molecular flexibility index (Phi) is 31.5. The second-order valence-electron chi connectivity index (χ2n) is 10.9. The lowest BCUT2D eigenvalue weighted by atomic mass is 10.0. The molecular formula is C33H66. The lowest BCUT2D eigenvalue weighted by Gasteiger charge is -2.04. The molecule has 0 aromatic rings. The molecule has 0 N–H and O–H groups in total. The van der Waals surface area contributed by atoms with Crippen LogP contribution in [0.15, 0.2) is 12.2 Å². The van der Waals surface area contributed by atoms with Crippen molar-refractivity contribution >= 4 is 0 Å². The Morgan fingerprint density at radius 2 is 0.455 bits per heavy atom. The first-order chi connectivity index (χ1) is 16.4. The summed E-state index contributed by atoms with van der Waals surface area (Å²) in [7, 11) is 0. The fourth-order valence-electron chi connectivity index (χ4n) is 4.96. The summed E-state index contributed by atoms with van der Waals surface area (Å²) in [5, 5.41) is 0. The van der Waals surface area contributed by atoms with Gasteiger partial charge in [0, 0.05) is 0 Å². The van der Waals surface area contributed by atoms with Crippen LogP contribution < -0.4 is 0 Å². The summed E-state index contributed by atoms with van der Waals surface area (Å²) in [6, 6.07) is 0. The van der Waals surface area contributed by atoms with Crippen LogP contribution in [0.3, 0.4) is 0 Å². The van der Waals surface area contributed by atoms with E-state index in [0.29, 0.717) is 0 Å². The van der Waals surface area contributed by atoms with E-state index in [1.165, 1.54) is 186 Å². The second kappa shape index (κ2) is 31.7. The molecular weight excluding hydrogens is 396 g/mol. The molecule has 0 saturated carbocycles. The number of unbranched alkanes of at least 4 members (excludes halogenated alkanes) is 27. The van der Waals surface area contributed by atoms with E-state index in [9.17, 15) is 0 Å². The van der Waals surface area contributed by atoms with Crippen LogP contribution in [-0.4, -0.2) is 0 Å². The fourth-order valence-corrected chi connectivity index (χ4v) is 4.96. The van der Waals surface area contributed by atoms with E-state index < -0.39 is 0 Å². The molecule has 198 valence electrons. The lowest BCUT2D eigenvalue weighted by Crippen LogP contribution is -1.84. The van der Waals surface area contributed by atoms with Gasteiger partial charge in [-0.2, -0.15) is 0 Å². The Morgan fingerprint density at radius 1 is 0.242 bits per heavy atom. The molecule has 0 bridgehead atoms. The van der Waals surface area contributed by atoms with Crippen molar-refractivity contribution in [3.63, 3.8) is 0 Å². The van der Waals surface area contributed by atoms with E-state index in [1.54, 1.807) is 0 Å². The summed E-state index contributed by atoms with van der Waals surface area (Å²) < 4.78 is 0. The number of allylic oxidation sites excluding steroid dienone is 2. The predicted octanol–water partition coefficient (Wildman–Crippen LogP) is 12.9. The molecule has 0 radical (unpaired) electrons. The smallest absolute Gasteiger partial charge is 0.0351 e. The molecule has 0 aromatic heterocycles. The largest absolute Gasteiger partial charge is 0.0885 e. The summed E-state index contributed by atoms with van der Waals surface area (Å²) in [6.45, 7) is 4.58. The minimum absolute atomic E-state index is 1.29. The molecule has 0 saturated heterocycles. The van der Waals surface area contributed by atoms with Crippen molar-refractivity contribution in [2.24, 2.45) is 0 Å².